The van der Waals surface area contributed by atoms with Gasteiger partial charge in [0.2, 0.25) is 0 Å². The van der Waals surface area contributed by atoms with Crippen molar-refractivity contribution in [2.45, 2.75) is 261 Å². The van der Waals surface area contributed by atoms with Crippen molar-refractivity contribution < 1.29 is 26.9 Å². The lowest BCUT2D eigenvalue weighted by atomic mass is 9.98. The van der Waals surface area contributed by atoms with Crippen LogP contribution in [0.5, 0.6) is 0 Å². The van der Waals surface area contributed by atoms with E-state index in [0.717, 1.165) is 0 Å². The summed E-state index contributed by atoms with van der Waals surface area (Å²) in [4.78, 5) is 16.5. The van der Waals surface area contributed by atoms with Gasteiger partial charge in [0, 0.05) is 0 Å². The molecule has 0 aromatic heterocycles. The molecule has 0 aromatic rings. The molecule has 0 aliphatic carbocycles. The van der Waals surface area contributed by atoms with Crippen LogP contribution in [0.4, 0.5) is 0 Å². The molecular weight excluding hydrogens is 937 g/mol. The standard InChI is InChI=1S/C42H108O6Si12/c1-49(2,3)37(43)38(50(4,5)6,44-56(22,23)24)39(51(7,8)9,45-57(25,26)27)40(52(10,11)12,46-58(28,29)30)41(53(13,14)15,47-59(31,32)33)42(54(16,17)18,55(19,20)21)48-60(34,35)36/h1-36H3/t38-,39+,40+,41-/m1/s1. The molecule has 0 bridgehead atoms. The minimum Gasteiger partial charge on any atom is -0.415 e. The lowest BCUT2D eigenvalue weighted by molar-refractivity contribution is -0.194. The highest BCUT2D eigenvalue weighted by atomic mass is 28.4. The van der Waals surface area contributed by atoms with Gasteiger partial charge in [-0.15, -0.1) is 0 Å². The van der Waals surface area contributed by atoms with Gasteiger partial charge in [0.15, 0.2) is 41.6 Å². The summed E-state index contributed by atoms with van der Waals surface area (Å²) in [6.45, 7) is 88.9. The lowest BCUT2D eigenvalue weighted by Gasteiger charge is -2.82. The Morgan fingerprint density at radius 3 is 0.683 bits per heavy atom. The van der Waals surface area contributed by atoms with Crippen LogP contribution >= 0.6 is 0 Å². The van der Waals surface area contributed by atoms with Gasteiger partial charge >= 0.3 is 0 Å². The fourth-order valence-corrected chi connectivity index (χ4v) is 67.6. The van der Waals surface area contributed by atoms with Gasteiger partial charge in [-0.1, -0.05) is 137 Å². The molecule has 4 atom stereocenters. The van der Waals surface area contributed by atoms with Crippen LogP contribution in [0.25, 0.3) is 0 Å². The largest absolute Gasteiger partial charge is 0.415 e. The molecule has 60 heavy (non-hydrogen) atoms. The molecule has 0 N–H and O–H groups in total. The van der Waals surface area contributed by atoms with E-state index in [0.29, 0.717) is 5.41 Å². The monoisotopic (exact) mass is 1040 g/mol. The summed E-state index contributed by atoms with van der Waals surface area (Å²) in [6, 6.07) is 0. The maximum atomic E-state index is 17.2. The third-order valence-corrected chi connectivity index (χ3v) is 41.8. The van der Waals surface area contributed by atoms with E-state index >= 15 is 4.79 Å². The Labute approximate surface area is 389 Å². The Kier molecular flexibility index (Phi) is 18.2. The molecule has 0 rings (SSSR count). The number of rotatable bonds is 22. The van der Waals surface area contributed by atoms with Crippen LogP contribution in [0.2, 0.25) is 236 Å². The van der Waals surface area contributed by atoms with Crippen LogP contribution in [0.15, 0.2) is 0 Å². The first-order valence-electron chi connectivity index (χ1n) is 23.2. The zero-order valence-corrected chi connectivity index (χ0v) is 59.4. The van der Waals surface area contributed by atoms with Gasteiger partial charge in [-0.2, -0.15) is 0 Å². The Bertz CT molecular complexity index is 1480. The highest BCUT2D eigenvalue weighted by molar-refractivity contribution is 7.10. The van der Waals surface area contributed by atoms with E-state index in [1.54, 1.807) is 0 Å². The van der Waals surface area contributed by atoms with Gasteiger partial charge in [0.1, 0.15) is 23.9 Å². The lowest BCUT2D eigenvalue weighted by Crippen LogP contribution is -3.04. The van der Waals surface area contributed by atoms with Gasteiger partial charge in [-0.25, -0.2) is 0 Å². The number of hydrogen-bond acceptors (Lipinski definition) is 6. The second kappa shape index (κ2) is 17.5. The Balaban J connectivity index is 12.1. The van der Waals surface area contributed by atoms with E-state index in [1.807, 2.05) is 0 Å². The Hall–Kier alpha value is 2.07. The fourth-order valence-electron chi connectivity index (χ4n) is 11.5. The van der Waals surface area contributed by atoms with Gasteiger partial charge in [-0.05, 0) is 98.2 Å². The first-order valence-corrected chi connectivity index (χ1v) is 64.8. The smallest absolute Gasteiger partial charge is 0.184 e. The molecule has 0 amide bonds. The molecule has 0 aliphatic heterocycles. The second-order valence-corrected chi connectivity index (χ2v) is 89.4. The van der Waals surface area contributed by atoms with Crippen molar-refractivity contribution >= 4 is 104 Å². The van der Waals surface area contributed by atoms with Crippen molar-refractivity contribution in [1.82, 2.24) is 0 Å². The molecule has 0 heterocycles. The summed E-state index contributed by atoms with van der Waals surface area (Å²) in [5, 5.41) is -4.14. The van der Waals surface area contributed by atoms with Gasteiger partial charge in [-0.3, -0.25) is 0 Å². The predicted octanol–water partition coefficient (Wildman–Crippen LogP) is 14.6. The van der Waals surface area contributed by atoms with Crippen LogP contribution in [0, 0.1) is 0 Å². The summed E-state index contributed by atoms with van der Waals surface area (Å²) < 4.78 is 43.8. The topological polar surface area (TPSA) is 63.2 Å². The predicted molar refractivity (Wildman–Crippen MR) is 304 cm³/mol. The molecule has 0 saturated heterocycles. The molecule has 0 saturated carbocycles. The average molecular weight is 1050 g/mol. The van der Waals surface area contributed by atoms with Crippen molar-refractivity contribution in [2.24, 2.45) is 0 Å². The maximum Gasteiger partial charge on any atom is 0.184 e. The van der Waals surface area contributed by atoms with Crippen molar-refractivity contribution in [2.75, 3.05) is 0 Å². The number of carbonyl (C=O) groups excluding carboxylic acids is 1. The molecule has 0 aliphatic rings. The fraction of sp³-hybridized carbons (Fsp3) is 0.976. The summed E-state index contributed by atoms with van der Waals surface area (Å²) in [5.74, 6) is 0. The van der Waals surface area contributed by atoms with Crippen LogP contribution in [0.3, 0.4) is 0 Å². The van der Waals surface area contributed by atoms with E-state index < -0.39 is 124 Å². The highest BCUT2D eigenvalue weighted by Crippen LogP contribution is 2.68. The van der Waals surface area contributed by atoms with Crippen LogP contribution in [-0.4, -0.2) is 129 Å². The van der Waals surface area contributed by atoms with Crippen molar-refractivity contribution in [1.29, 1.82) is 0 Å². The normalized spacial score (nSPS) is 19.9. The van der Waals surface area contributed by atoms with Crippen molar-refractivity contribution in [3.8, 4) is 0 Å². The summed E-state index contributed by atoms with van der Waals surface area (Å²) in [5.41, 5.74) is 0. The second-order valence-electron chi connectivity index (χ2n) is 30.6. The number of carbonyl (C=O) groups is 1. The molecular formula is C42H108O6Si12. The van der Waals surface area contributed by atoms with E-state index in [4.69, 9.17) is 22.1 Å². The zero-order chi connectivity index (χ0) is 49.6. The molecule has 360 valence electrons. The van der Waals surface area contributed by atoms with Crippen molar-refractivity contribution in [3.05, 3.63) is 0 Å². The Morgan fingerprint density at radius 2 is 0.500 bits per heavy atom. The van der Waals surface area contributed by atoms with Crippen molar-refractivity contribution in [3.63, 3.8) is 0 Å². The number of hydrogen-bond donors (Lipinski definition) is 0. The maximum absolute atomic E-state index is 17.2. The molecule has 6 nitrogen and oxygen atoms in total. The van der Waals surface area contributed by atoms with E-state index in [1.165, 1.54) is 0 Å². The quantitative estimate of drug-likeness (QED) is 0.101. The van der Waals surface area contributed by atoms with E-state index in [2.05, 4.69) is 236 Å². The van der Waals surface area contributed by atoms with E-state index in [-0.39, 0.29) is 0 Å². The minimum atomic E-state index is -2.98. The van der Waals surface area contributed by atoms with E-state index in [9.17, 15) is 0 Å². The molecule has 0 fully saturated rings. The summed E-state index contributed by atoms with van der Waals surface area (Å²) >= 11 is 0. The molecule has 18 heteroatoms. The Morgan fingerprint density at radius 1 is 0.267 bits per heavy atom. The third kappa shape index (κ3) is 11.7. The first-order chi connectivity index (χ1) is 25.2. The third-order valence-electron chi connectivity index (χ3n) is 11.6. The molecule has 0 aromatic carbocycles. The SMILES string of the molecule is C[Si](C)(C)OC([C@@](O[Si](C)(C)C)([C@](O[Si](C)(C)C)([C@](O[Si](C)(C)C)([C@@](O[Si](C)(C)C)(C(=O)[Si](C)(C)C)[Si](C)(C)C)[Si](C)(C)C)[Si](C)(C)C)[Si](C)(C)C)([Si](C)(C)C)[Si](C)(C)C. The van der Waals surface area contributed by atoms with Crippen LogP contribution in [-0.2, 0) is 26.9 Å². The summed E-state index contributed by atoms with van der Waals surface area (Å²) in [7, 11) is -32.3. The highest BCUT2D eigenvalue weighted by Gasteiger charge is 2.91. The molecule has 0 spiro atoms. The van der Waals surface area contributed by atoms with Gasteiger partial charge in [0.05, 0.1) is 63.7 Å². The van der Waals surface area contributed by atoms with Gasteiger partial charge < -0.3 is 26.9 Å². The van der Waals surface area contributed by atoms with Crippen LogP contribution in [0.1, 0.15) is 0 Å². The molecule has 0 radical (unpaired) electrons. The first kappa shape index (κ1) is 62.1. The van der Waals surface area contributed by atoms with Gasteiger partial charge in [0.25, 0.3) is 0 Å². The average Bonchev–Trinajstić information content (AvgIpc) is 2.83. The van der Waals surface area contributed by atoms with Crippen LogP contribution < -0.4 is 0 Å². The zero-order valence-electron chi connectivity index (χ0n) is 47.4. The molecule has 0 unspecified atom stereocenters. The summed E-state index contributed by atoms with van der Waals surface area (Å²) in [6.07, 6.45) is 0. The minimum absolute atomic E-state index is 0.328.